The van der Waals surface area contributed by atoms with E-state index in [4.69, 9.17) is 11.6 Å². The topological polar surface area (TPSA) is 20.2 Å². The summed E-state index contributed by atoms with van der Waals surface area (Å²) in [6.45, 7) is 1.89. The lowest BCUT2D eigenvalue weighted by Gasteiger charge is -2.08. The maximum atomic E-state index is 12.6. The van der Waals surface area contributed by atoms with Crippen molar-refractivity contribution in [3.8, 4) is 0 Å². The van der Waals surface area contributed by atoms with Crippen LogP contribution in [0, 0.1) is 5.82 Å². The Bertz CT molecular complexity index is 288. The van der Waals surface area contributed by atoms with Crippen LogP contribution in [0.4, 0.5) is 4.39 Å². The van der Waals surface area contributed by atoms with Gasteiger partial charge in [0.25, 0.3) is 0 Å². The van der Waals surface area contributed by atoms with Gasteiger partial charge in [0, 0.05) is 5.02 Å². The van der Waals surface area contributed by atoms with Gasteiger partial charge in [-0.2, -0.15) is 0 Å². The third-order valence-electron chi connectivity index (χ3n) is 1.94. The van der Waals surface area contributed by atoms with E-state index >= 15 is 0 Å². The first-order chi connectivity index (χ1) is 6.13. The average molecular weight is 203 g/mol. The highest BCUT2D eigenvalue weighted by Crippen LogP contribution is 2.19. The summed E-state index contributed by atoms with van der Waals surface area (Å²) in [5, 5.41) is 9.73. The van der Waals surface area contributed by atoms with Gasteiger partial charge in [0.2, 0.25) is 0 Å². The van der Waals surface area contributed by atoms with Gasteiger partial charge >= 0.3 is 0 Å². The molecule has 0 spiro atoms. The van der Waals surface area contributed by atoms with Gasteiger partial charge in [-0.3, -0.25) is 0 Å². The normalized spacial score (nSPS) is 12.9. The van der Waals surface area contributed by atoms with Crippen molar-refractivity contribution in [2.24, 2.45) is 0 Å². The molecular formula is C10H12ClFO. The van der Waals surface area contributed by atoms with E-state index in [9.17, 15) is 9.50 Å². The molecule has 0 aromatic heterocycles. The van der Waals surface area contributed by atoms with E-state index in [2.05, 4.69) is 0 Å². The molecule has 13 heavy (non-hydrogen) atoms. The van der Waals surface area contributed by atoms with Crippen LogP contribution in [-0.4, -0.2) is 11.2 Å². The monoisotopic (exact) mass is 202 g/mol. The summed E-state index contributed by atoms with van der Waals surface area (Å²) in [7, 11) is 0. The summed E-state index contributed by atoms with van der Waals surface area (Å²) in [5.74, 6) is -0.347. The second kappa shape index (κ2) is 4.58. The Morgan fingerprint density at radius 2 is 2.23 bits per heavy atom. The molecule has 0 unspecified atom stereocenters. The fraction of sp³-hybridized carbons (Fsp3) is 0.400. The summed E-state index contributed by atoms with van der Waals surface area (Å²) in [5.41, 5.74) is 0.789. The molecule has 0 saturated heterocycles. The molecule has 1 aromatic carbocycles. The van der Waals surface area contributed by atoms with E-state index in [-0.39, 0.29) is 5.82 Å². The van der Waals surface area contributed by atoms with Crippen LogP contribution in [-0.2, 0) is 6.42 Å². The lowest BCUT2D eigenvalue weighted by atomic mass is 10.1. The molecule has 0 amide bonds. The molecule has 1 N–H and O–H groups in total. The first-order valence-electron chi connectivity index (χ1n) is 4.25. The largest absolute Gasteiger partial charge is 0.393 e. The minimum atomic E-state index is -0.400. The molecule has 0 fully saturated rings. The van der Waals surface area contributed by atoms with Gasteiger partial charge in [-0.1, -0.05) is 24.6 Å². The highest BCUT2D eigenvalue weighted by molar-refractivity contribution is 6.31. The van der Waals surface area contributed by atoms with Crippen molar-refractivity contribution < 1.29 is 9.50 Å². The molecular weight excluding hydrogens is 191 g/mol. The van der Waals surface area contributed by atoms with Gasteiger partial charge in [-0.15, -0.1) is 0 Å². The smallest absolute Gasteiger partial charge is 0.124 e. The zero-order valence-corrected chi connectivity index (χ0v) is 8.18. The SMILES string of the molecule is CC[C@H](O)Cc1ccc(F)cc1Cl. The Morgan fingerprint density at radius 3 is 2.77 bits per heavy atom. The van der Waals surface area contributed by atoms with Crippen LogP contribution in [0.5, 0.6) is 0 Å². The van der Waals surface area contributed by atoms with Gasteiger partial charge in [-0.25, -0.2) is 4.39 Å². The van der Waals surface area contributed by atoms with Crippen LogP contribution in [0.1, 0.15) is 18.9 Å². The Hall–Kier alpha value is -0.600. The molecule has 1 rings (SSSR count). The van der Waals surface area contributed by atoms with Gasteiger partial charge in [0.15, 0.2) is 0 Å². The third-order valence-corrected chi connectivity index (χ3v) is 2.29. The van der Waals surface area contributed by atoms with E-state index < -0.39 is 6.10 Å². The van der Waals surface area contributed by atoms with Crippen molar-refractivity contribution in [3.63, 3.8) is 0 Å². The molecule has 0 aliphatic heterocycles. The molecule has 0 aliphatic rings. The molecule has 3 heteroatoms. The number of hydrogen-bond donors (Lipinski definition) is 1. The van der Waals surface area contributed by atoms with Gasteiger partial charge in [0.1, 0.15) is 5.82 Å². The Balaban J connectivity index is 2.77. The lowest BCUT2D eigenvalue weighted by molar-refractivity contribution is 0.171. The van der Waals surface area contributed by atoms with Crippen molar-refractivity contribution in [1.29, 1.82) is 0 Å². The molecule has 1 atom stereocenters. The summed E-state index contributed by atoms with van der Waals surface area (Å²) in [6, 6.07) is 4.22. The predicted octanol–water partition coefficient (Wildman–Crippen LogP) is 2.79. The van der Waals surface area contributed by atoms with Crippen molar-refractivity contribution in [2.75, 3.05) is 0 Å². The Labute approximate surface area is 82.2 Å². The third kappa shape index (κ3) is 2.98. The van der Waals surface area contributed by atoms with Crippen LogP contribution in [0.3, 0.4) is 0 Å². The number of halogens is 2. The first-order valence-corrected chi connectivity index (χ1v) is 4.63. The van der Waals surface area contributed by atoms with Crippen LogP contribution in [0.25, 0.3) is 0 Å². The molecule has 0 aliphatic carbocycles. The summed E-state index contributed by atoms with van der Waals surface area (Å²) >= 11 is 5.78. The van der Waals surface area contributed by atoms with Crippen LogP contribution >= 0.6 is 11.6 Å². The van der Waals surface area contributed by atoms with Crippen LogP contribution in [0.15, 0.2) is 18.2 Å². The number of aliphatic hydroxyl groups is 1. The van der Waals surface area contributed by atoms with Gasteiger partial charge in [0.05, 0.1) is 6.10 Å². The number of hydrogen-bond acceptors (Lipinski definition) is 1. The van der Waals surface area contributed by atoms with E-state index in [1.807, 2.05) is 6.92 Å². The Morgan fingerprint density at radius 1 is 1.54 bits per heavy atom. The van der Waals surface area contributed by atoms with Crippen molar-refractivity contribution in [2.45, 2.75) is 25.9 Å². The molecule has 0 heterocycles. The van der Waals surface area contributed by atoms with Crippen LogP contribution < -0.4 is 0 Å². The zero-order valence-electron chi connectivity index (χ0n) is 7.43. The molecule has 0 bridgehead atoms. The fourth-order valence-electron chi connectivity index (χ4n) is 1.09. The van der Waals surface area contributed by atoms with E-state index in [0.717, 1.165) is 5.56 Å². The minimum Gasteiger partial charge on any atom is -0.393 e. The second-order valence-corrected chi connectivity index (χ2v) is 3.41. The summed E-state index contributed by atoms with van der Waals surface area (Å²) in [4.78, 5) is 0. The van der Waals surface area contributed by atoms with Gasteiger partial charge in [-0.05, 0) is 30.5 Å². The first kappa shape index (κ1) is 10.5. The van der Waals surface area contributed by atoms with Crippen molar-refractivity contribution >= 4 is 11.6 Å². The summed E-state index contributed by atoms with van der Waals surface area (Å²) in [6.07, 6.45) is 0.756. The quantitative estimate of drug-likeness (QED) is 0.799. The maximum Gasteiger partial charge on any atom is 0.124 e. The fourth-order valence-corrected chi connectivity index (χ4v) is 1.33. The average Bonchev–Trinajstić information content (AvgIpc) is 2.09. The number of aliphatic hydroxyl groups excluding tert-OH is 1. The zero-order chi connectivity index (χ0) is 9.84. The molecule has 0 saturated carbocycles. The highest BCUT2D eigenvalue weighted by atomic mass is 35.5. The van der Waals surface area contributed by atoms with Crippen molar-refractivity contribution in [1.82, 2.24) is 0 Å². The predicted molar refractivity (Wildman–Crippen MR) is 51.4 cm³/mol. The standard InChI is InChI=1S/C10H12ClFO/c1-2-9(13)5-7-3-4-8(12)6-10(7)11/h3-4,6,9,13H,2,5H2,1H3/t9-/m0/s1. The van der Waals surface area contributed by atoms with E-state index in [1.165, 1.54) is 12.1 Å². The number of benzene rings is 1. The molecule has 1 nitrogen and oxygen atoms in total. The van der Waals surface area contributed by atoms with Gasteiger partial charge < -0.3 is 5.11 Å². The molecule has 0 radical (unpaired) electrons. The molecule has 72 valence electrons. The lowest BCUT2D eigenvalue weighted by Crippen LogP contribution is -2.08. The minimum absolute atomic E-state index is 0.347. The molecule has 1 aromatic rings. The van der Waals surface area contributed by atoms with E-state index in [1.54, 1.807) is 6.07 Å². The van der Waals surface area contributed by atoms with E-state index in [0.29, 0.717) is 17.9 Å². The highest BCUT2D eigenvalue weighted by Gasteiger charge is 2.06. The Kier molecular flexibility index (Phi) is 3.70. The van der Waals surface area contributed by atoms with Crippen LogP contribution in [0.2, 0.25) is 5.02 Å². The maximum absolute atomic E-state index is 12.6. The second-order valence-electron chi connectivity index (χ2n) is 3.00. The number of rotatable bonds is 3. The summed E-state index contributed by atoms with van der Waals surface area (Å²) < 4.78 is 12.6. The van der Waals surface area contributed by atoms with Crippen molar-refractivity contribution in [3.05, 3.63) is 34.6 Å².